The molecule has 0 unspecified atom stereocenters. The highest BCUT2D eigenvalue weighted by atomic mass is 19.4. The van der Waals surface area contributed by atoms with Crippen molar-refractivity contribution < 1.29 is 36.9 Å². The molecule has 10 heteroatoms. The summed E-state index contributed by atoms with van der Waals surface area (Å²) in [6.45, 7) is -0.0443. The molecular formula is C42H36F4N2O4. The van der Waals surface area contributed by atoms with E-state index < -0.39 is 35.1 Å². The lowest BCUT2D eigenvalue weighted by Crippen LogP contribution is -2.47. The number of carbonyl (C=O) groups is 1. The maximum atomic E-state index is 14.5. The van der Waals surface area contributed by atoms with Crippen molar-refractivity contribution >= 4 is 17.9 Å². The minimum Gasteiger partial charge on any atom is -0.494 e. The van der Waals surface area contributed by atoms with Crippen molar-refractivity contribution in [2.45, 2.75) is 37.2 Å². The van der Waals surface area contributed by atoms with Gasteiger partial charge in [-0.15, -0.1) is 0 Å². The first-order valence-electron chi connectivity index (χ1n) is 16.8. The molecule has 0 aliphatic carbocycles. The Morgan fingerprint density at radius 3 is 2.19 bits per heavy atom. The largest absolute Gasteiger partial charge is 0.494 e. The Labute approximate surface area is 299 Å². The fraction of sp³-hybridized carbons (Fsp3) is 0.190. The number of halogens is 4. The molecule has 1 aliphatic heterocycles. The summed E-state index contributed by atoms with van der Waals surface area (Å²) in [5.41, 5.74) is 1.24. The summed E-state index contributed by atoms with van der Waals surface area (Å²) in [4.78, 5) is 19.5. The maximum Gasteiger partial charge on any atom is 0.416 e. The van der Waals surface area contributed by atoms with Crippen LogP contribution in [-0.4, -0.2) is 35.7 Å². The Balaban J connectivity index is 1.39. The van der Waals surface area contributed by atoms with Crippen molar-refractivity contribution in [2.24, 2.45) is 4.99 Å². The van der Waals surface area contributed by atoms with Gasteiger partial charge in [-0.2, -0.15) is 13.2 Å². The predicted octanol–water partition coefficient (Wildman–Crippen LogP) is 8.95. The second kappa shape index (κ2) is 16.1. The van der Waals surface area contributed by atoms with Crippen LogP contribution in [-0.2, 0) is 22.3 Å². The molecule has 0 radical (unpaired) electrons. The first-order chi connectivity index (χ1) is 25.1. The third-order valence-corrected chi connectivity index (χ3v) is 8.63. The molecule has 1 heterocycles. The second-order valence-corrected chi connectivity index (χ2v) is 12.3. The number of hydrogen-bond acceptors (Lipinski definition) is 5. The number of aliphatic hydroxyl groups is 1. The van der Waals surface area contributed by atoms with Gasteiger partial charge in [0.2, 0.25) is 5.90 Å². The SMILES string of the molecule is O=C(NCc1cc(F)cc(C(F)(F)F)c1)[C@]1(C/C=C/c2ccccc2)N=C(c2ccc(OCCCO)cc2)O[C@@H]1c1ccc(-c2ccccc2)cc1. The van der Waals surface area contributed by atoms with E-state index in [2.05, 4.69) is 5.32 Å². The molecule has 0 fully saturated rings. The first kappa shape index (κ1) is 36.1. The number of carbonyl (C=O) groups excluding carboxylic acids is 1. The fourth-order valence-corrected chi connectivity index (χ4v) is 5.99. The smallest absolute Gasteiger partial charge is 0.416 e. The number of hydrogen-bond donors (Lipinski definition) is 2. The van der Waals surface area contributed by atoms with Crippen LogP contribution in [0.15, 0.2) is 138 Å². The summed E-state index contributed by atoms with van der Waals surface area (Å²) >= 11 is 0. The third kappa shape index (κ3) is 8.58. The number of aliphatic hydroxyl groups excluding tert-OH is 1. The van der Waals surface area contributed by atoms with Crippen LogP contribution in [0.25, 0.3) is 17.2 Å². The monoisotopic (exact) mass is 708 g/mol. The zero-order valence-electron chi connectivity index (χ0n) is 28.0. The fourth-order valence-electron chi connectivity index (χ4n) is 5.99. The number of aliphatic imine (C=N–C) groups is 1. The number of amides is 1. The van der Waals surface area contributed by atoms with Crippen molar-refractivity contribution in [2.75, 3.05) is 13.2 Å². The Morgan fingerprint density at radius 1 is 0.865 bits per heavy atom. The van der Waals surface area contributed by atoms with E-state index in [1.54, 1.807) is 24.3 Å². The van der Waals surface area contributed by atoms with Crippen LogP contribution < -0.4 is 10.1 Å². The molecule has 0 bridgehead atoms. The van der Waals surface area contributed by atoms with Crippen molar-refractivity contribution in [1.82, 2.24) is 5.32 Å². The quantitative estimate of drug-likeness (QED) is 0.0946. The van der Waals surface area contributed by atoms with Gasteiger partial charge in [0.05, 0.1) is 12.2 Å². The molecular weight excluding hydrogens is 672 g/mol. The summed E-state index contributed by atoms with van der Waals surface area (Å²) in [5.74, 6) is -0.914. The van der Waals surface area contributed by atoms with Crippen molar-refractivity contribution in [3.05, 3.63) is 167 Å². The minimum absolute atomic E-state index is 0.00200. The van der Waals surface area contributed by atoms with Crippen LogP contribution in [0.1, 0.15) is 46.8 Å². The topological polar surface area (TPSA) is 80.2 Å². The number of nitrogens with zero attached hydrogens (tertiary/aromatic N) is 1. The van der Waals surface area contributed by atoms with Gasteiger partial charge in [0.1, 0.15) is 11.6 Å². The number of rotatable bonds is 13. The summed E-state index contributed by atoms with van der Waals surface area (Å²) in [6, 6.07) is 36.0. The van der Waals surface area contributed by atoms with Crippen molar-refractivity contribution in [3.8, 4) is 16.9 Å². The zero-order chi connectivity index (χ0) is 36.6. The second-order valence-electron chi connectivity index (χ2n) is 12.3. The molecule has 5 aromatic carbocycles. The van der Waals surface area contributed by atoms with Crippen LogP contribution in [0, 0.1) is 5.82 Å². The highest BCUT2D eigenvalue weighted by Crippen LogP contribution is 2.43. The molecule has 6 rings (SSSR count). The number of benzene rings is 5. The molecule has 6 nitrogen and oxygen atoms in total. The minimum atomic E-state index is -4.76. The van der Waals surface area contributed by atoms with Gasteiger partial charge in [-0.1, -0.05) is 97.1 Å². The van der Waals surface area contributed by atoms with E-state index in [0.717, 1.165) is 28.8 Å². The molecule has 0 saturated heterocycles. The van der Waals surface area contributed by atoms with Crippen LogP contribution in [0.3, 0.4) is 0 Å². The van der Waals surface area contributed by atoms with Gasteiger partial charge in [-0.3, -0.25) is 4.79 Å². The Hall–Kier alpha value is -5.74. The molecule has 5 aromatic rings. The Kier molecular flexibility index (Phi) is 11.2. The number of nitrogens with one attached hydrogen (secondary N) is 1. The number of ether oxygens (including phenoxy) is 2. The van der Waals surface area contributed by atoms with Gasteiger partial charge in [-0.05, 0) is 70.3 Å². The molecule has 0 saturated carbocycles. The molecule has 52 heavy (non-hydrogen) atoms. The standard InChI is InChI=1S/C42H36F4N2O4/c43-36-26-30(25-35(27-36)42(44,45)46)28-47-40(50)41(22-7-11-29-9-3-1-4-10-29)38(33-16-14-32(15-17-33)31-12-5-2-6-13-31)52-39(48-41)34-18-20-37(21-19-34)51-24-8-23-49/h1-7,9-21,25-27,38,49H,8,22-24,28H2,(H,47,50)/b11-7+/t38-,41-/m1/s1. The maximum absolute atomic E-state index is 14.5. The van der Waals surface area contributed by atoms with Crippen molar-refractivity contribution in [1.29, 1.82) is 0 Å². The molecule has 266 valence electrons. The average Bonchev–Trinajstić information content (AvgIpc) is 3.55. The molecule has 2 N–H and O–H groups in total. The molecule has 0 spiro atoms. The number of alkyl halides is 3. The third-order valence-electron chi connectivity index (χ3n) is 8.63. The molecule has 1 aliphatic rings. The van der Waals surface area contributed by atoms with E-state index in [1.807, 2.05) is 97.1 Å². The van der Waals surface area contributed by atoms with Gasteiger partial charge in [0, 0.05) is 31.6 Å². The zero-order valence-corrected chi connectivity index (χ0v) is 28.0. The van der Waals surface area contributed by atoms with E-state index in [1.165, 1.54) is 0 Å². The van der Waals surface area contributed by atoms with Gasteiger partial charge < -0.3 is 19.9 Å². The lowest BCUT2D eigenvalue weighted by molar-refractivity contribution is -0.137. The average molecular weight is 709 g/mol. The highest BCUT2D eigenvalue weighted by Gasteiger charge is 2.52. The summed E-state index contributed by atoms with van der Waals surface area (Å²) < 4.78 is 67.0. The lowest BCUT2D eigenvalue weighted by Gasteiger charge is -2.30. The van der Waals surface area contributed by atoms with Crippen LogP contribution in [0.5, 0.6) is 5.75 Å². The summed E-state index contributed by atoms with van der Waals surface area (Å²) in [6.07, 6.45) is -1.51. The highest BCUT2D eigenvalue weighted by molar-refractivity contribution is 6.01. The van der Waals surface area contributed by atoms with E-state index in [-0.39, 0.29) is 31.0 Å². The van der Waals surface area contributed by atoms with Gasteiger partial charge >= 0.3 is 6.18 Å². The molecule has 0 aromatic heterocycles. The Morgan fingerprint density at radius 2 is 1.52 bits per heavy atom. The summed E-state index contributed by atoms with van der Waals surface area (Å²) in [7, 11) is 0. The van der Waals surface area contributed by atoms with E-state index in [4.69, 9.17) is 19.6 Å². The van der Waals surface area contributed by atoms with Crippen LogP contribution >= 0.6 is 0 Å². The van der Waals surface area contributed by atoms with Crippen LogP contribution in [0.2, 0.25) is 0 Å². The van der Waals surface area contributed by atoms with E-state index >= 15 is 0 Å². The lowest BCUT2D eigenvalue weighted by atomic mass is 9.83. The first-order valence-corrected chi connectivity index (χ1v) is 16.8. The van der Waals surface area contributed by atoms with Crippen molar-refractivity contribution in [3.63, 3.8) is 0 Å². The van der Waals surface area contributed by atoms with Gasteiger partial charge in [-0.25, -0.2) is 9.38 Å². The molecule has 1 amide bonds. The van der Waals surface area contributed by atoms with E-state index in [9.17, 15) is 22.4 Å². The Bertz CT molecular complexity index is 2020. The summed E-state index contributed by atoms with van der Waals surface area (Å²) in [5, 5.41) is 11.8. The predicted molar refractivity (Wildman–Crippen MR) is 192 cm³/mol. The normalized spacial score (nSPS) is 17.1. The van der Waals surface area contributed by atoms with E-state index in [0.29, 0.717) is 36.0 Å². The van der Waals surface area contributed by atoms with Gasteiger partial charge in [0.15, 0.2) is 11.6 Å². The van der Waals surface area contributed by atoms with Crippen LogP contribution in [0.4, 0.5) is 17.6 Å². The molecule has 2 atom stereocenters. The van der Waals surface area contributed by atoms with Gasteiger partial charge in [0.25, 0.3) is 5.91 Å².